The quantitative estimate of drug-likeness (QED) is 0.869. The maximum Gasteiger partial charge on any atom is 0.416 e. The van der Waals surface area contributed by atoms with Crippen molar-refractivity contribution in [3.05, 3.63) is 35.4 Å². The lowest BCUT2D eigenvalue weighted by atomic mass is 10.0. The zero-order chi connectivity index (χ0) is 15.0. The first kappa shape index (κ1) is 14.9. The van der Waals surface area contributed by atoms with Crippen LogP contribution in [-0.2, 0) is 12.7 Å². The average molecular weight is 299 g/mol. The van der Waals surface area contributed by atoms with Gasteiger partial charge in [0.1, 0.15) is 6.54 Å². The normalized spacial score (nSPS) is 30.4. The molecule has 3 unspecified atom stereocenters. The van der Waals surface area contributed by atoms with Crippen molar-refractivity contribution in [2.24, 2.45) is 11.8 Å². The molecule has 21 heavy (non-hydrogen) atoms. The molecule has 1 aromatic carbocycles. The smallest absolute Gasteiger partial charge is 0.331 e. The summed E-state index contributed by atoms with van der Waals surface area (Å²) < 4.78 is 37.6. The summed E-state index contributed by atoms with van der Waals surface area (Å²) in [4.78, 5) is 1.42. The third-order valence-corrected chi connectivity index (χ3v) is 5.12. The van der Waals surface area contributed by atoms with E-state index < -0.39 is 11.7 Å². The first-order chi connectivity index (χ1) is 9.93. The van der Waals surface area contributed by atoms with E-state index in [0.29, 0.717) is 6.04 Å². The highest BCUT2D eigenvalue weighted by molar-refractivity contribution is 5.24. The van der Waals surface area contributed by atoms with Crippen molar-refractivity contribution >= 4 is 0 Å². The maximum absolute atomic E-state index is 12.5. The second kappa shape index (κ2) is 5.61. The van der Waals surface area contributed by atoms with Crippen LogP contribution < -0.4 is 10.2 Å². The summed E-state index contributed by atoms with van der Waals surface area (Å²) in [5, 5.41) is 3.44. The zero-order valence-corrected chi connectivity index (χ0v) is 12.2. The SMILES string of the molecule is C[NH+](Cc1ccc(C(F)(F)F)cc1)C1CC2CNCC2C1. The van der Waals surface area contributed by atoms with Crippen LogP contribution in [-0.4, -0.2) is 26.2 Å². The van der Waals surface area contributed by atoms with Crippen LogP contribution in [0, 0.1) is 11.8 Å². The maximum atomic E-state index is 12.5. The first-order valence-corrected chi connectivity index (χ1v) is 7.62. The molecule has 1 aliphatic carbocycles. The Morgan fingerprint density at radius 3 is 2.19 bits per heavy atom. The van der Waals surface area contributed by atoms with Gasteiger partial charge in [0.15, 0.2) is 0 Å². The van der Waals surface area contributed by atoms with Crippen molar-refractivity contribution in [2.45, 2.75) is 31.6 Å². The third kappa shape index (κ3) is 3.24. The van der Waals surface area contributed by atoms with Crippen LogP contribution >= 0.6 is 0 Å². The van der Waals surface area contributed by atoms with Gasteiger partial charge in [-0.1, -0.05) is 12.1 Å². The van der Waals surface area contributed by atoms with Gasteiger partial charge in [-0.25, -0.2) is 0 Å². The van der Waals surface area contributed by atoms with E-state index in [2.05, 4.69) is 12.4 Å². The van der Waals surface area contributed by atoms with Gasteiger partial charge in [-0.2, -0.15) is 13.2 Å². The largest absolute Gasteiger partial charge is 0.416 e. The molecule has 3 atom stereocenters. The van der Waals surface area contributed by atoms with Gasteiger partial charge >= 0.3 is 6.18 Å². The molecule has 0 aromatic heterocycles. The zero-order valence-electron chi connectivity index (χ0n) is 12.2. The van der Waals surface area contributed by atoms with E-state index in [1.54, 1.807) is 12.1 Å². The fourth-order valence-corrected chi connectivity index (χ4v) is 3.85. The monoisotopic (exact) mass is 299 g/mol. The molecule has 0 radical (unpaired) electrons. The van der Waals surface area contributed by atoms with Gasteiger partial charge in [0, 0.05) is 18.4 Å². The number of hydrogen-bond donors (Lipinski definition) is 2. The molecule has 2 aliphatic rings. The van der Waals surface area contributed by atoms with Crippen molar-refractivity contribution in [2.75, 3.05) is 20.1 Å². The number of halogens is 3. The standard InChI is InChI=1S/C16H21F3N2/c1-21(15-6-12-8-20-9-13(12)7-15)10-11-2-4-14(5-3-11)16(17,18)19/h2-5,12-13,15,20H,6-10H2,1H3/p+1. The fourth-order valence-electron chi connectivity index (χ4n) is 3.85. The summed E-state index contributed by atoms with van der Waals surface area (Å²) in [5.41, 5.74) is 0.418. The van der Waals surface area contributed by atoms with Crippen molar-refractivity contribution < 1.29 is 18.1 Å². The summed E-state index contributed by atoms with van der Waals surface area (Å²) in [5.74, 6) is 1.61. The Hall–Kier alpha value is -1.07. The van der Waals surface area contributed by atoms with Gasteiger partial charge in [0.05, 0.1) is 18.7 Å². The Bertz CT molecular complexity index is 471. The van der Waals surface area contributed by atoms with Crippen molar-refractivity contribution in [1.29, 1.82) is 0 Å². The van der Waals surface area contributed by atoms with E-state index >= 15 is 0 Å². The molecule has 1 heterocycles. The van der Waals surface area contributed by atoms with E-state index in [0.717, 1.165) is 37.0 Å². The Labute approximate surface area is 123 Å². The van der Waals surface area contributed by atoms with Gasteiger partial charge in [-0.05, 0) is 37.1 Å². The minimum Gasteiger partial charge on any atom is -0.331 e. The molecular weight excluding hydrogens is 277 g/mol. The molecular formula is C16H22F3N2+. The van der Waals surface area contributed by atoms with Crippen molar-refractivity contribution in [3.63, 3.8) is 0 Å². The van der Waals surface area contributed by atoms with E-state index in [9.17, 15) is 13.2 Å². The van der Waals surface area contributed by atoms with Crippen LogP contribution in [0.25, 0.3) is 0 Å². The lowest BCUT2D eigenvalue weighted by molar-refractivity contribution is -0.919. The molecule has 1 saturated heterocycles. The number of alkyl halides is 3. The van der Waals surface area contributed by atoms with Crippen LogP contribution in [0.3, 0.4) is 0 Å². The Balaban J connectivity index is 1.59. The Kier molecular flexibility index (Phi) is 3.97. The average Bonchev–Trinajstić information content (AvgIpc) is 2.98. The van der Waals surface area contributed by atoms with E-state index in [4.69, 9.17) is 0 Å². The minimum absolute atomic E-state index is 0.564. The third-order valence-electron chi connectivity index (χ3n) is 5.12. The fraction of sp³-hybridized carbons (Fsp3) is 0.625. The molecule has 0 spiro atoms. The number of benzene rings is 1. The van der Waals surface area contributed by atoms with Crippen LogP contribution in [0.5, 0.6) is 0 Å². The van der Waals surface area contributed by atoms with E-state index in [1.165, 1.54) is 29.9 Å². The summed E-state index contributed by atoms with van der Waals surface area (Å²) in [7, 11) is 2.16. The van der Waals surface area contributed by atoms with Gasteiger partial charge in [-0.3, -0.25) is 0 Å². The highest BCUT2D eigenvalue weighted by Crippen LogP contribution is 2.33. The van der Waals surface area contributed by atoms with E-state index in [1.807, 2.05) is 0 Å². The second-order valence-corrected chi connectivity index (χ2v) is 6.56. The van der Waals surface area contributed by atoms with Crippen molar-refractivity contribution in [1.82, 2.24) is 5.32 Å². The van der Waals surface area contributed by atoms with Gasteiger partial charge in [-0.15, -0.1) is 0 Å². The van der Waals surface area contributed by atoms with Crippen LogP contribution in [0.15, 0.2) is 24.3 Å². The second-order valence-electron chi connectivity index (χ2n) is 6.56. The molecule has 0 amide bonds. The molecule has 5 heteroatoms. The highest BCUT2D eigenvalue weighted by atomic mass is 19.4. The van der Waals surface area contributed by atoms with Crippen LogP contribution in [0.4, 0.5) is 13.2 Å². The molecule has 1 saturated carbocycles. The lowest BCUT2D eigenvalue weighted by Crippen LogP contribution is -3.11. The van der Waals surface area contributed by atoms with Gasteiger partial charge in [0.2, 0.25) is 0 Å². The molecule has 1 aliphatic heterocycles. The summed E-state index contributed by atoms with van der Waals surface area (Å²) in [6.07, 6.45) is -1.76. The summed E-state index contributed by atoms with van der Waals surface area (Å²) in [6, 6.07) is 6.25. The van der Waals surface area contributed by atoms with Gasteiger partial charge < -0.3 is 10.2 Å². The van der Waals surface area contributed by atoms with Crippen LogP contribution in [0.1, 0.15) is 24.0 Å². The number of quaternary nitrogens is 1. The number of fused-ring (bicyclic) bond motifs is 1. The molecule has 3 rings (SSSR count). The Morgan fingerprint density at radius 1 is 1.10 bits per heavy atom. The first-order valence-electron chi connectivity index (χ1n) is 7.62. The van der Waals surface area contributed by atoms with Gasteiger partial charge in [0.25, 0.3) is 0 Å². The molecule has 1 aromatic rings. The summed E-state index contributed by atoms with van der Waals surface area (Å²) >= 11 is 0. The molecule has 2 nitrogen and oxygen atoms in total. The molecule has 2 fully saturated rings. The highest BCUT2D eigenvalue weighted by Gasteiger charge is 2.40. The van der Waals surface area contributed by atoms with Crippen molar-refractivity contribution in [3.8, 4) is 0 Å². The number of nitrogens with one attached hydrogen (secondary N) is 2. The predicted octanol–water partition coefficient (Wildman–Crippen LogP) is 1.72. The lowest BCUT2D eigenvalue weighted by Gasteiger charge is -2.22. The molecule has 2 N–H and O–H groups in total. The topological polar surface area (TPSA) is 16.5 Å². The minimum atomic E-state index is -4.24. The number of hydrogen-bond acceptors (Lipinski definition) is 1. The predicted molar refractivity (Wildman–Crippen MR) is 74.9 cm³/mol. The molecule has 0 bridgehead atoms. The van der Waals surface area contributed by atoms with Crippen LogP contribution in [0.2, 0.25) is 0 Å². The Morgan fingerprint density at radius 2 is 1.67 bits per heavy atom. The molecule has 116 valence electrons. The number of rotatable bonds is 3. The van der Waals surface area contributed by atoms with E-state index in [-0.39, 0.29) is 0 Å². The summed E-state index contributed by atoms with van der Waals surface area (Å²) in [6.45, 7) is 3.07.